The molecule has 2 heterocycles. The summed E-state index contributed by atoms with van der Waals surface area (Å²) in [6.45, 7) is 6.90. The molecule has 0 radical (unpaired) electrons. The third-order valence-electron chi connectivity index (χ3n) is 4.51. The molecule has 0 aromatic heterocycles. The number of amidine groups is 1. The molecule has 0 atom stereocenters. The number of carbonyl (C=O) groups excluding carboxylic acids is 1. The van der Waals surface area contributed by atoms with E-state index in [2.05, 4.69) is 35.4 Å². The predicted octanol–water partition coefficient (Wildman–Crippen LogP) is 4.44. The molecular weight excluding hydrogens is 344 g/mol. The molecule has 2 aliphatic rings. The topological polar surface area (TPSA) is 50.7 Å². The first kappa shape index (κ1) is 16.9. The molecule has 2 aromatic rings. The van der Waals surface area contributed by atoms with Gasteiger partial charge in [0.15, 0.2) is 5.17 Å². The Hall–Kier alpha value is -2.53. The molecule has 0 spiro atoms. The Kier molecular flexibility index (Phi) is 4.32. The molecule has 1 N–H and O–H groups in total. The van der Waals surface area contributed by atoms with Gasteiger partial charge >= 0.3 is 0 Å². The monoisotopic (exact) mass is 364 g/mol. The van der Waals surface area contributed by atoms with E-state index in [1.807, 2.05) is 32.1 Å². The third-order valence-corrected chi connectivity index (χ3v) is 5.42. The van der Waals surface area contributed by atoms with Crippen LogP contribution in [0.15, 0.2) is 40.2 Å². The Morgan fingerprint density at radius 2 is 1.92 bits per heavy atom. The molecule has 2 aromatic carbocycles. The minimum atomic E-state index is -0.104. The highest BCUT2D eigenvalue weighted by Crippen LogP contribution is 2.32. The van der Waals surface area contributed by atoms with E-state index in [4.69, 9.17) is 4.74 Å². The Balaban J connectivity index is 1.61. The zero-order valence-electron chi connectivity index (χ0n) is 15.1. The fourth-order valence-corrected chi connectivity index (χ4v) is 4.21. The van der Waals surface area contributed by atoms with Crippen molar-refractivity contribution in [2.45, 2.75) is 27.2 Å². The van der Waals surface area contributed by atoms with Crippen LogP contribution in [0.4, 0.5) is 5.69 Å². The highest BCUT2D eigenvalue weighted by Gasteiger charge is 2.24. The van der Waals surface area contributed by atoms with Crippen molar-refractivity contribution >= 4 is 34.6 Å². The van der Waals surface area contributed by atoms with Gasteiger partial charge in [0.1, 0.15) is 5.75 Å². The van der Waals surface area contributed by atoms with Crippen LogP contribution in [0, 0.1) is 20.8 Å². The summed E-state index contributed by atoms with van der Waals surface area (Å²) in [5.41, 5.74) is 6.57. The van der Waals surface area contributed by atoms with Crippen LogP contribution < -0.4 is 10.1 Å². The molecule has 5 heteroatoms. The number of nitrogens with one attached hydrogen (secondary N) is 1. The van der Waals surface area contributed by atoms with E-state index in [-0.39, 0.29) is 5.91 Å². The number of amides is 1. The van der Waals surface area contributed by atoms with Gasteiger partial charge in [-0.3, -0.25) is 4.79 Å². The molecule has 2 aliphatic heterocycles. The van der Waals surface area contributed by atoms with E-state index in [9.17, 15) is 4.79 Å². The molecule has 4 rings (SSSR count). The summed E-state index contributed by atoms with van der Waals surface area (Å²) in [7, 11) is 0. The minimum Gasteiger partial charge on any atom is -0.493 e. The van der Waals surface area contributed by atoms with Gasteiger partial charge in [-0.25, -0.2) is 4.99 Å². The van der Waals surface area contributed by atoms with Crippen LogP contribution in [-0.2, 0) is 11.2 Å². The number of thioether (sulfide) groups is 1. The lowest BCUT2D eigenvalue weighted by atomic mass is 10.1. The van der Waals surface area contributed by atoms with E-state index < -0.39 is 0 Å². The number of benzene rings is 2. The fourth-order valence-electron chi connectivity index (χ4n) is 3.38. The second-order valence-electron chi connectivity index (χ2n) is 6.69. The first-order chi connectivity index (χ1) is 12.5. The third kappa shape index (κ3) is 3.27. The highest BCUT2D eigenvalue weighted by atomic mass is 32.2. The van der Waals surface area contributed by atoms with Crippen molar-refractivity contribution in [1.29, 1.82) is 0 Å². The summed E-state index contributed by atoms with van der Waals surface area (Å²) in [5, 5.41) is 3.50. The zero-order chi connectivity index (χ0) is 18.3. The molecule has 0 unspecified atom stereocenters. The van der Waals surface area contributed by atoms with E-state index in [1.54, 1.807) is 0 Å². The number of fused-ring (bicyclic) bond motifs is 1. The number of aliphatic imine (C=N–C) groups is 1. The van der Waals surface area contributed by atoms with Crippen LogP contribution >= 0.6 is 11.8 Å². The fraction of sp³-hybridized carbons (Fsp3) is 0.238. The lowest BCUT2D eigenvalue weighted by Gasteiger charge is -2.07. The largest absolute Gasteiger partial charge is 0.493 e. The van der Waals surface area contributed by atoms with Crippen molar-refractivity contribution in [2.24, 2.45) is 4.99 Å². The minimum absolute atomic E-state index is 0.104. The molecule has 1 saturated heterocycles. The second kappa shape index (κ2) is 6.65. The Bertz CT molecular complexity index is 953. The highest BCUT2D eigenvalue weighted by molar-refractivity contribution is 8.18. The number of hydrogen-bond acceptors (Lipinski definition) is 4. The van der Waals surface area contributed by atoms with Gasteiger partial charge in [-0.15, -0.1) is 0 Å². The average molecular weight is 364 g/mol. The van der Waals surface area contributed by atoms with Gasteiger partial charge in [0.25, 0.3) is 5.91 Å². The predicted molar refractivity (Wildman–Crippen MR) is 107 cm³/mol. The Labute approximate surface area is 157 Å². The van der Waals surface area contributed by atoms with E-state index in [1.165, 1.54) is 22.9 Å². The van der Waals surface area contributed by atoms with Crippen molar-refractivity contribution in [3.8, 4) is 5.75 Å². The maximum absolute atomic E-state index is 12.3. The van der Waals surface area contributed by atoms with Crippen molar-refractivity contribution in [1.82, 2.24) is 5.32 Å². The van der Waals surface area contributed by atoms with Crippen molar-refractivity contribution in [3.05, 3.63) is 63.1 Å². The SMILES string of the molecule is Cc1cc(C)c(N=C2NC(=O)/C(=C\c3ccc4c(c3)CCO4)S2)c(C)c1. The lowest BCUT2D eigenvalue weighted by molar-refractivity contribution is -0.115. The van der Waals surface area contributed by atoms with Crippen LogP contribution in [-0.4, -0.2) is 17.7 Å². The van der Waals surface area contributed by atoms with E-state index in [0.717, 1.165) is 41.2 Å². The number of carbonyl (C=O) groups is 1. The second-order valence-corrected chi connectivity index (χ2v) is 7.73. The number of aryl methyl sites for hydroxylation is 3. The van der Waals surface area contributed by atoms with Crippen LogP contribution in [0.2, 0.25) is 0 Å². The summed E-state index contributed by atoms with van der Waals surface area (Å²) in [4.78, 5) is 17.7. The first-order valence-electron chi connectivity index (χ1n) is 8.63. The summed E-state index contributed by atoms with van der Waals surface area (Å²) in [5.74, 6) is 0.844. The molecule has 0 saturated carbocycles. The van der Waals surface area contributed by atoms with Gasteiger partial charge in [-0.1, -0.05) is 23.8 Å². The van der Waals surface area contributed by atoms with Gasteiger partial charge in [0, 0.05) is 6.42 Å². The zero-order valence-corrected chi connectivity index (χ0v) is 15.9. The van der Waals surface area contributed by atoms with Crippen molar-refractivity contribution in [2.75, 3.05) is 6.61 Å². The Morgan fingerprint density at radius 3 is 2.69 bits per heavy atom. The summed E-state index contributed by atoms with van der Waals surface area (Å²) < 4.78 is 5.53. The van der Waals surface area contributed by atoms with E-state index >= 15 is 0 Å². The molecule has 0 aliphatic carbocycles. The number of nitrogens with zero attached hydrogens (tertiary/aromatic N) is 1. The Morgan fingerprint density at radius 1 is 1.15 bits per heavy atom. The summed E-state index contributed by atoms with van der Waals surface area (Å²) >= 11 is 1.38. The standard InChI is InChI=1S/C21H20N2O2S/c1-12-8-13(2)19(14(3)9-12)22-21-23-20(24)18(26-21)11-15-4-5-17-16(10-15)6-7-25-17/h4-5,8-11H,6-7H2,1-3H3,(H,22,23,24)/b18-11+. The maximum atomic E-state index is 12.3. The number of ether oxygens (including phenoxy) is 1. The van der Waals surface area contributed by atoms with Gasteiger partial charge < -0.3 is 10.1 Å². The quantitative estimate of drug-likeness (QED) is 0.802. The van der Waals surface area contributed by atoms with Crippen LogP contribution in [0.3, 0.4) is 0 Å². The molecule has 132 valence electrons. The van der Waals surface area contributed by atoms with Gasteiger partial charge in [-0.05, 0) is 73.0 Å². The average Bonchev–Trinajstić information content (AvgIpc) is 3.17. The molecule has 1 amide bonds. The maximum Gasteiger partial charge on any atom is 0.264 e. The first-order valence-corrected chi connectivity index (χ1v) is 9.44. The smallest absolute Gasteiger partial charge is 0.264 e. The summed E-state index contributed by atoms with van der Waals surface area (Å²) in [6, 6.07) is 10.3. The van der Waals surface area contributed by atoms with Crippen LogP contribution in [0.1, 0.15) is 27.8 Å². The molecule has 0 bridgehead atoms. The van der Waals surface area contributed by atoms with Gasteiger partial charge in [0.05, 0.1) is 17.2 Å². The normalized spacial score (nSPS) is 19.0. The number of rotatable bonds is 2. The van der Waals surface area contributed by atoms with Crippen molar-refractivity contribution < 1.29 is 9.53 Å². The number of hydrogen-bond donors (Lipinski definition) is 1. The summed E-state index contributed by atoms with van der Waals surface area (Å²) in [6.07, 6.45) is 2.83. The lowest BCUT2D eigenvalue weighted by Crippen LogP contribution is -2.19. The molecule has 26 heavy (non-hydrogen) atoms. The van der Waals surface area contributed by atoms with Crippen molar-refractivity contribution in [3.63, 3.8) is 0 Å². The van der Waals surface area contributed by atoms with Crippen LogP contribution in [0.5, 0.6) is 5.75 Å². The van der Waals surface area contributed by atoms with Gasteiger partial charge in [0.2, 0.25) is 0 Å². The molecular formula is C21H20N2O2S. The van der Waals surface area contributed by atoms with Crippen LogP contribution in [0.25, 0.3) is 6.08 Å². The van der Waals surface area contributed by atoms with E-state index in [0.29, 0.717) is 10.1 Å². The molecule has 1 fully saturated rings. The molecule has 4 nitrogen and oxygen atoms in total. The van der Waals surface area contributed by atoms with Gasteiger partial charge in [-0.2, -0.15) is 0 Å².